The molecule has 0 saturated carbocycles. The Morgan fingerprint density at radius 2 is 2.00 bits per heavy atom. The molecule has 0 spiro atoms. The molecule has 0 bridgehead atoms. The minimum Gasteiger partial charge on any atom is -0.353 e. The quantitative estimate of drug-likeness (QED) is 0.466. The average molecular weight is 208 g/mol. The Kier molecular flexibility index (Phi) is 1.28. The van der Waals surface area contributed by atoms with Crippen LogP contribution in [0.3, 0.4) is 0 Å². The van der Waals surface area contributed by atoms with Crippen molar-refractivity contribution in [2.24, 2.45) is 0 Å². The highest BCUT2D eigenvalue weighted by Crippen LogP contribution is 2.29. The predicted molar refractivity (Wildman–Crippen MR) is 63.3 cm³/mol. The van der Waals surface area contributed by atoms with E-state index in [1.54, 1.807) is 6.20 Å². The van der Waals surface area contributed by atoms with Gasteiger partial charge in [0, 0.05) is 40.3 Å². The number of nitrogens with zero attached hydrogens (tertiary/aromatic N) is 2. The van der Waals surface area contributed by atoms with Crippen molar-refractivity contribution >= 4 is 32.8 Å². The number of fused-ring (bicyclic) bond motifs is 5. The van der Waals surface area contributed by atoms with Gasteiger partial charge in [0.1, 0.15) is 5.65 Å². The molecule has 0 fully saturated rings. The molecule has 16 heavy (non-hydrogen) atoms. The van der Waals surface area contributed by atoms with Gasteiger partial charge in [-0.25, -0.2) is 4.98 Å². The number of hydrogen-bond acceptors (Lipinski definition) is 2. The van der Waals surface area contributed by atoms with E-state index in [1.165, 1.54) is 5.39 Å². The molecule has 4 rings (SSSR count). The van der Waals surface area contributed by atoms with Crippen LogP contribution in [0, 0.1) is 0 Å². The molecule has 4 aromatic heterocycles. The van der Waals surface area contributed by atoms with Crippen molar-refractivity contribution in [2.45, 2.75) is 0 Å². The lowest BCUT2D eigenvalue weighted by Gasteiger charge is -1.92. The summed E-state index contributed by atoms with van der Waals surface area (Å²) in [5.41, 5.74) is 3.06. The van der Waals surface area contributed by atoms with E-state index in [9.17, 15) is 0 Å². The van der Waals surface area contributed by atoms with Crippen LogP contribution in [0.1, 0.15) is 0 Å². The molecule has 4 nitrogen and oxygen atoms in total. The Labute approximate surface area is 90.3 Å². The van der Waals surface area contributed by atoms with Gasteiger partial charge in [-0.1, -0.05) is 0 Å². The Morgan fingerprint density at radius 3 is 3.00 bits per heavy atom. The van der Waals surface area contributed by atoms with Gasteiger partial charge in [-0.2, -0.15) is 0 Å². The summed E-state index contributed by atoms with van der Waals surface area (Å²) in [5.74, 6) is 0. The maximum atomic E-state index is 4.36. The van der Waals surface area contributed by atoms with Gasteiger partial charge in [0.15, 0.2) is 0 Å². The number of pyridine rings is 2. The van der Waals surface area contributed by atoms with E-state index in [0.717, 1.165) is 27.5 Å². The van der Waals surface area contributed by atoms with Gasteiger partial charge in [0.2, 0.25) is 0 Å². The monoisotopic (exact) mass is 208 g/mol. The third-order valence-electron chi connectivity index (χ3n) is 2.95. The van der Waals surface area contributed by atoms with E-state index < -0.39 is 0 Å². The van der Waals surface area contributed by atoms with Crippen LogP contribution >= 0.6 is 0 Å². The molecule has 0 atom stereocenters. The van der Waals surface area contributed by atoms with Crippen LogP contribution in [0.2, 0.25) is 0 Å². The van der Waals surface area contributed by atoms with Crippen LogP contribution in [0.25, 0.3) is 32.8 Å². The summed E-state index contributed by atoms with van der Waals surface area (Å²) < 4.78 is 0. The summed E-state index contributed by atoms with van der Waals surface area (Å²) in [6.45, 7) is 0. The predicted octanol–water partition coefficient (Wildman–Crippen LogP) is 2.59. The number of nitrogens with one attached hydrogen (secondary N) is 2. The molecule has 76 valence electrons. The maximum Gasteiger partial charge on any atom is 0.138 e. The second-order valence-electron chi connectivity index (χ2n) is 3.83. The minimum atomic E-state index is 0.914. The molecule has 0 amide bonds. The summed E-state index contributed by atoms with van der Waals surface area (Å²) in [5, 5.41) is 3.47. The van der Waals surface area contributed by atoms with Crippen molar-refractivity contribution in [1.82, 2.24) is 19.9 Å². The van der Waals surface area contributed by atoms with Gasteiger partial charge in [0.05, 0.1) is 11.7 Å². The highest BCUT2D eigenvalue weighted by Gasteiger charge is 2.08. The molecule has 4 aromatic rings. The van der Waals surface area contributed by atoms with E-state index in [-0.39, 0.29) is 0 Å². The van der Waals surface area contributed by atoms with Crippen molar-refractivity contribution in [3.63, 3.8) is 0 Å². The first-order chi connectivity index (χ1) is 7.93. The number of aromatic nitrogens is 4. The average Bonchev–Trinajstić information content (AvgIpc) is 2.91. The summed E-state index contributed by atoms with van der Waals surface area (Å²) in [6, 6.07) is 4.03. The van der Waals surface area contributed by atoms with Crippen LogP contribution in [-0.4, -0.2) is 19.9 Å². The minimum absolute atomic E-state index is 0.914. The Hall–Kier alpha value is -2.36. The summed E-state index contributed by atoms with van der Waals surface area (Å²) >= 11 is 0. The van der Waals surface area contributed by atoms with Crippen LogP contribution in [-0.2, 0) is 0 Å². The fourth-order valence-electron chi connectivity index (χ4n) is 2.24. The smallest absolute Gasteiger partial charge is 0.138 e. The van der Waals surface area contributed by atoms with Crippen molar-refractivity contribution in [3.8, 4) is 0 Å². The standard InChI is InChI=1S/C12H8N4/c1-4-14-12-7(1)11-8-5-13-3-2-9(8)16-10(11)6-15-12/h1-6,16H,(H,14,15). The summed E-state index contributed by atoms with van der Waals surface area (Å²) in [4.78, 5) is 15.0. The molecule has 0 aromatic carbocycles. The van der Waals surface area contributed by atoms with Crippen LogP contribution in [0.15, 0.2) is 36.9 Å². The van der Waals surface area contributed by atoms with E-state index >= 15 is 0 Å². The topological polar surface area (TPSA) is 57.4 Å². The first kappa shape index (κ1) is 7.87. The van der Waals surface area contributed by atoms with Gasteiger partial charge in [-0.15, -0.1) is 0 Å². The first-order valence-electron chi connectivity index (χ1n) is 5.11. The van der Waals surface area contributed by atoms with E-state index in [2.05, 4.69) is 19.9 Å². The fraction of sp³-hybridized carbons (Fsp3) is 0. The Bertz CT molecular complexity index is 809. The number of hydrogen-bond donors (Lipinski definition) is 2. The number of H-pyrrole nitrogens is 2. The van der Waals surface area contributed by atoms with E-state index in [4.69, 9.17) is 0 Å². The van der Waals surface area contributed by atoms with E-state index in [1.807, 2.05) is 30.7 Å². The normalized spacial score (nSPS) is 11.8. The zero-order valence-corrected chi connectivity index (χ0v) is 8.36. The molecule has 0 aliphatic heterocycles. The summed E-state index contributed by atoms with van der Waals surface area (Å²) in [7, 11) is 0. The molecule has 0 aliphatic carbocycles. The summed E-state index contributed by atoms with van der Waals surface area (Å²) in [6.07, 6.45) is 7.44. The highest BCUT2D eigenvalue weighted by atomic mass is 14.9. The zero-order valence-electron chi connectivity index (χ0n) is 8.36. The van der Waals surface area contributed by atoms with Gasteiger partial charge in [-0.05, 0) is 12.1 Å². The molecular weight excluding hydrogens is 200 g/mol. The first-order valence-corrected chi connectivity index (χ1v) is 5.11. The molecule has 2 N–H and O–H groups in total. The SMILES string of the molecule is c1cc2[nH]c3cnc4[nH]ccc4c3c2cn1. The van der Waals surface area contributed by atoms with Crippen molar-refractivity contribution in [1.29, 1.82) is 0 Å². The van der Waals surface area contributed by atoms with Gasteiger partial charge < -0.3 is 9.97 Å². The molecule has 0 unspecified atom stereocenters. The lowest BCUT2D eigenvalue weighted by molar-refractivity contribution is 1.33. The van der Waals surface area contributed by atoms with Crippen molar-refractivity contribution in [2.75, 3.05) is 0 Å². The van der Waals surface area contributed by atoms with Gasteiger partial charge in [-0.3, -0.25) is 4.98 Å². The van der Waals surface area contributed by atoms with Gasteiger partial charge in [0.25, 0.3) is 0 Å². The van der Waals surface area contributed by atoms with Crippen molar-refractivity contribution in [3.05, 3.63) is 36.9 Å². The highest BCUT2D eigenvalue weighted by molar-refractivity contribution is 6.18. The second kappa shape index (κ2) is 2.61. The molecule has 0 aliphatic rings. The molecular formula is C12H8N4. The lowest BCUT2D eigenvalue weighted by Crippen LogP contribution is -1.76. The molecule has 0 saturated heterocycles. The van der Waals surface area contributed by atoms with Crippen LogP contribution in [0.4, 0.5) is 0 Å². The largest absolute Gasteiger partial charge is 0.353 e. The maximum absolute atomic E-state index is 4.36. The van der Waals surface area contributed by atoms with Gasteiger partial charge >= 0.3 is 0 Å². The molecule has 0 radical (unpaired) electrons. The molecule has 4 heteroatoms. The zero-order chi connectivity index (χ0) is 10.5. The second-order valence-corrected chi connectivity index (χ2v) is 3.83. The fourth-order valence-corrected chi connectivity index (χ4v) is 2.24. The lowest BCUT2D eigenvalue weighted by atomic mass is 10.2. The number of rotatable bonds is 0. The van der Waals surface area contributed by atoms with Crippen LogP contribution in [0.5, 0.6) is 0 Å². The van der Waals surface area contributed by atoms with Crippen LogP contribution < -0.4 is 0 Å². The van der Waals surface area contributed by atoms with E-state index in [0.29, 0.717) is 0 Å². The Morgan fingerprint density at radius 1 is 1.00 bits per heavy atom. The van der Waals surface area contributed by atoms with Crippen molar-refractivity contribution < 1.29 is 0 Å². The third-order valence-corrected chi connectivity index (χ3v) is 2.95. The number of aromatic amines is 2. The Balaban J connectivity index is 2.42. The third kappa shape index (κ3) is 0.839. The molecule has 4 heterocycles.